The summed E-state index contributed by atoms with van der Waals surface area (Å²) in [5, 5.41) is 3.75. The van der Waals surface area contributed by atoms with E-state index in [0.29, 0.717) is 4.88 Å². The Morgan fingerprint density at radius 2 is 2.11 bits per heavy atom. The van der Waals surface area contributed by atoms with Gasteiger partial charge >= 0.3 is 6.18 Å². The smallest absolute Gasteiger partial charge is 0.302 e. The molecule has 1 N–H and O–H groups in total. The Labute approximate surface area is 106 Å². The first kappa shape index (κ1) is 13.2. The Morgan fingerprint density at radius 1 is 1.44 bits per heavy atom. The minimum absolute atomic E-state index is 0.131. The molecule has 0 amide bonds. The van der Waals surface area contributed by atoms with Gasteiger partial charge in [-0.3, -0.25) is 4.68 Å². The number of aryl methyl sites for hydroxylation is 1. The van der Waals surface area contributed by atoms with Crippen LogP contribution < -0.4 is 0 Å². The van der Waals surface area contributed by atoms with Crippen LogP contribution in [0.3, 0.4) is 0 Å². The summed E-state index contributed by atoms with van der Waals surface area (Å²) in [5.74, 6) is 0. The predicted molar refractivity (Wildman–Crippen MR) is 60.6 cm³/mol. The zero-order valence-electron chi connectivity index (χ0n) is 8.93. The van der Waals surface area contributed by atoms with E-state index in [2.05, 4.69) is 5.10 Å². The summed E-state index contributed by atoms with van der Waals surface area (Å²) in [6.45, 7) is 0. The minimum Gasteiger partial charge on any atom is -0.302 e. The van der Waals surface area contributed by atoms with E-state index in [1.807, 2.05) is 0 Å². The highest BCUT2D eigenvalue weighted by Crippen LogP contribution is 2.34. The van der Waals surface area contributed by atoms with Crippen molar-refractivity contribution in [3.8, 4) is 10.6 Å². The Kier molecular flexibility index (Phi) is 3.30. The third kappa shape index (κ3) is 2.47. The van der Waals surface area contributed by atoms with Gasteiger partial charge in [-0.1, -0.05) is 0 Å². The van der Waals surface area contributed by atoms with Crippen molar-refractivity contribution in [1.82, 2.24) is 9.78 Å². The van der Waals surface area contributed by atoms with Gasteiger partial charge in [-0.2, -0.15) is 18.3 Å². The molecule has 0 spiro atoms. The van der Waals surface area contributed by atoms with E-state index in [1.165, 1.54) is 19.2 Å². The molecule has 0 aliphatic rings. The molecule has 98 valence electrons. The molecule has 0 aromatic carbocycles. The van der Waals surface area contributed by atoms with Crippen LogP contribution >= 0.6 is 11.3 Å². The Bertz CT molecular complexity index is 603. The van der Waals surface area contributed by atoms with Crippen LogP contribution in [0.2, 0.25) is 0 Å². The summed E-state index contributed by atoms with van der Waals surface area (Å²) in [7, 11) is 1.20. The Hall–Kier alpha value is -1.19. The van der Waals surface area contributed by atoms with E-state index in [0.717, 1.165) is 22.1 Å². The first-order chi connectivity index (χ1) is 8.29. The molecule has 9 heteroatoms. The Balaban J connectivity index is 2.42. The van der Waals surface area contributed by atoms with Crippen molar-refractivity contribution in [2.24, 2.45) is 7.05 Å². The molecule has 0 saturated heterocycles. The second-order valence-corrected chi connectivity index (χ2v) is 5.68. The largest absolute Gasteiger partial charge is 0.433 e. The number of hydrogen-bond acceptors (Lipinski definition) is 3. The highest BCUT2D eigenvalue weighted by atomic mass is 32.2. The van der Waals surface area contributed by atoms with Gasteiger partial charge in [0.2, 0.25) is 0 Å². The fraction of sp³-hybridized carbons (Fsp3) is 0.222. The van der Waals surface area contributed by atoms with Gasteiger partial charge in [0.25, 0.3) is 0 Å². The molecule has 2 aromatic heterocycles. The third-order valence-electron chi connectivity index (χ3n) is 2.18. The summed E-state index contributed by atoms with van der Waals surface area (Å²) in [6.07, 6.45) is -4.47. The second kappa shape index (κ2) is 4.48. The van der Waals surface area contributed by atoms with Crippen molar-refractivity contribution in [3.63, 3.8) is 0 Å². The molecule has 0 saturated carbocycles. The quantitative estimate of drug-likeness (QED) is 0.867. The van der Waals surface area contributed by atoms with E-state index in [9.17, 15) is 17.4 Å². The van der Waals surface area contributed by atoms with Crippen LogP contribution in [0.25, 0.3) is 10.6 Å². The molecule has 1 atom stereocenters. The second-order valence-electron chi connectivity index (χ2n) is 3.40. The molecule has 0 aliphatic carbocycles. The molecule has 2 aromatic rings. The van der Waals surface area contributed by atoms with Crippen LogP contribution in [-0.2, 0) is 24.3 Å². The van der Waals surface area contributed by atoms with Crippen molar-refractivity contribution in [3.05, 3.63) is 23.9 Å². The topological polar surface area (TPSA) is 55.1 Å². The molecular formula is C9H7F3N2O2S2. The summed E-state index contributed by atoms with van der Waals surface area (Å²) in [4.78, 5) is 0.415. The lowest BCUT2D eigenvalue weighted by Crippen LogP contribution is -2.11. The van der Waals surface area contributed by atoms with Gasteiger partial charge in [-0.05, 0) is 18.2 Å². The lowest BCUT2D eigenvalue weighted by molar-refractivity contribution is -0.143. The van der Waals surface area contributed by atoms with E-state index >= 15 is 0 Å². The van der Waals surface area contributed by atoms with Crippen molar-refractivity contribution in [2.75, 3.05) is 0 Å². The van der Waals surface area contributed by atoms with Gasteiger partial charge in [0.15, 0.2) is 11.1 Å². The number of halogens is 3. The molecule has 0 aliphatic heterocycles. The molecule has 18 heavy (non-hydrogen) atoms. The molecule has 0 radical (unpaired) electrons. The number of aromatic nitrogens is 2. The van der Waals surface area contributed by atoms with Crippen LogP contribution in [0.1, 0.15) is 5.69 Å². The SMILES string of the molecule is Cn1nc(-c2ccc(S(=O)O)s2)cc1C(F)(F)F. The average Bonchev–Trinajstić information content (AvgIpc) is 2.81. The highest BCUT2D eigenvalue weighted by molar-refractivity contribution is 7.81. The van der Waals surface area contributed by atoms with Crippen LogP contribution in [0.15, 0.2) is 22.4 Å². The monoisotopic (exact) mass is 296 g/mol. The highest BCUT2D eigenvalue weighted by Gasteiger charge is 2.35. The van der Waals surface area contributed by atoms with Gasteiger partial charge in [-0.25, -0.2) is 4.21 Å². The van der Waals surface area contributed by atoms with E-state index in [-0.39, 0.29) is 9.90 Å². The number of hydrogen-bond donors (Lipinski definition) is 1. The van der Waals surface area contributed by atoms with Crippen LogP contribution in [-0.4, -0.2) is 18.5 Å². The van der Waals surface area contributed by atoms with Crippen LogP contribution in [0, 0.1) is 0 Å². The van der Waals surface area contributed by atoms with Gasteiger partial charge in [0, 0.05) is 7.05 Å². The third-order valence-corrected chi connectivity index (χ3v) is 4.24. The lowest BCUT2D eigenvalue weighted by atomic mass is 10.3. The zero-order valence-corrected chi connectivity index (χ0v) is 10.6. The molecule has 4 nitrogen and oxygen atoms in total. The number of thiophene rings is 1. The van der Waals surface area contributed by atoms with E-state index in [4.69, 9.17) is 4.55 Å². The molecular weight excluding hydrogens is 289 g/mol. The van der Waals surface area contributed by atoms with Crippen molar-refractivity contribution < 1.29 is 21.9 Å². The van der Waals surface area contributed by atoms with Gasteiger partial charge in [0.1, 0.15) is 15.6 Å². The standard InChI is InChI=1S/C9H7F3N2O2S2/c1-14-7(9(10,11)12)4-5(13-14)6-2-3-8(17-6)18(15)16/h2-4H,1H3,(H,15,16). The molecule has 1 unspecified atom stereocenters. The summed E-state index contributed by atoms with van der Waals surface area (Å²) >= 11 is -1.20. The predicted octanol–water partition coefficient (Wildman–Crippen LogP) is 2.75. The fourth-order valence-corrected chi connectivity index (χ4v) is 2.84. The first-order valence-electron chi connectivity index (χ1n) is 4.61. The van der Waals surface area contributed by atoms with Crippen molar-refractivity contribution in [2.45, 2.75) is 10.4 Å². The minimum atomic E-state index is -4.47. The van der Waals surface area contributed by atoms with E-state index < -0.39 is 23.0 Å². The first-order valence-corrected chi connectivity index (χ1v) is 6.53. The summed E-state index contributed by atoms with van der Waals surface area (Å²) in [5.41, 5.74) is -0.732. The molecule has 2 heterocycles. The average molecular weight is 296 g/mol. The van der Waals surface area contributed by atoms with Crippen molar-refractivity contribution in [1.29, 1.82) is 0 Å². The number of rotatable bonds is 2. The van der Waals surface area contributed by atoms with Crippen LogP contribution in [0.5, 0.6) is 0 Å². The van der Waals surface area contributed by atoms with Crippen LogP contribution in [0.4, 0.5) is 13.2 Å². The number of nitrogens with zero attached hydrogens (tertiary/aromatic N) is 2. The number of alkyl halides is 3. The normalized spacial score (nSPS) is 13.8. The maximum absolute atomic E-state index is 12.6. The summed E-state index contributed by atoms with van der Waals surface area (Å²) < 4.78 is 58.2. The zero-order chi connectivity index (χ0) is 13.5. The maximum Gasteiger partial charge on any atom is 0.433 e. The van der Waals surface area contributed by atoms with Crippen molar-refractivity contribution >= 4 is 22.4 Å². The van der Waals surface area contributed by atoms with Gasteiger partial charge in [-0.15, -0.1) is 11.3 Å². The molecule has 0 bridgehead atoms. The summed E-state index contributed by atoms with van der Waals surface area (Å²) in [6, 6.07) is 3.77. The van der Waals surface area contributed by atoms with E-state index in [1.54, 1.807) is 0 Å². The molecule has 0 fully saturated rings. The Morgan fingerprint density at radius 3 is 2.56 bits per heavy atom. The van der Waals surface area contributed by atoms with Gasteiger partial charge < -0.3 is 4.55 Å². The molecule has 2 rings (SSSR count). The maximum atomic E-state index is 12.6. The lowest BCUT2D eigenvalue weighted by Gasteiger charge is -2.04. The fourth-order valence-electron chi connectivity index (χ4n) is 1.40. The van der Waals surface area contributed by atoms with Gasteiger partial charge in [0.05, 0.1) is 4.88 Å².